The molecule has 2 atom stereocenters. The van der Waals surface area contributed by atoms with E-state index in [2.05, 4.69) is 51.8 Å². The Hall–Kier alpha value is -0.0800. The van der Waals surface area contributed by atoms with Crippen LogP contribution < -0.4 is 5.32 Å². The van der Waals surface area contributed by atoms with E-state index in [1.165, 1.54) is 19.5 Å². The molecule has 96 valence electrons. The molecular weight excluding hydrogens is 196 g/mol. The van der Waals surface area contributed by atoms with Crippen molar-refractivity contribution in [3.63, 3.8) is 0 Å². The van der Waals surface area contributed by atoms with Gasteiger partial charge in [-0.05, 0) is 24.7 Å². The Morgan fingerprint density at radius 2 is 2.00 bits per heavy atom. The molecule has 2 unspecified atom stereocenters. The number of nitrogens with one attached hydrogen (secondary N) is 1. The van der Waals surface area contributed by atoms with E-state index < -0.39 is 0 Å². The van der Waals surface area contributed by atoms with Gasteiger partial charge in [0.15, 0.2) is 0 Å². The van der Waals surface area contributed by atoms with Crippen molar-refractivity contribution >= 4 is 0 Å². The Morgan fingerprint density at radius 1 is 1.38 bits per heavy atom. The summed E-state index contributed by atoms with van der Waals surface area (Å²) in [5, 5.41) is 3.59. The van der Waals surface area contributed by atoms with Gasteiger partial charge in [-0.3, -0.25) is 4.90 Å². The van der Waals surface area contributed by atoms with E-state index in [-0.39, 0.29) is 0 Å². The number of hydrogen-bond donors (Lipinski definition) is 1. The third-order valence-electron chi connectivity index (χ3n) is 4.37. The van der Waals surface area contributed by atoms with E-state index in [0.717, 1.165) is 18.5 Å². The molecule has 16 heavy (non-hydrogen) atoms. The van der Waals surface area contributed by atoms with Crippen LogP contribution >= 0.6 is 0 Å². The van der Waals surface area contributed by atoms with Crippen LogP contribution in [0.5, 0.6) is 0 Å². The molecule has 0 radical (unpaired) electrons. The van der Waals surface area contributed by atoms with E-state index in [0.29, 0.717) is 11.5 Å². The summed E-state index contributed by atoms with van der Waals surface area (Å²) in [6.07, 6.45) is 1.26. The van der Waals surface area contributed by atoms with Crippen LogP contribution in [0.2, 0.25) is 0 Å². The van der Waals surface area contributed by atoms with Gasteiger partial charge in [-0.25, -0.2) is 0 Å². The molecule has 0 aromatic carbocycles. The molecule has 0 aromatic heterocycles. The Bertz CT molecular complexity index is 211. The molecule has 1 N–H and O–H groups in total. The highest BCUT2D eigenvalue weighted by atomic mass is 15.2. The van der Waals surface area contributed by atoms with E-state index in [1.54, 1.807) is 0 Å². The van der Waals surface area contributed by atoms with Crippen molar-refractivity contribution in [3.8, 4) is 0 Å². The molecule has 1 heterocycles. The summed E-state index contributed by atoms with van der Waals surface area (Å²) >= 11 is 0. The molecular formula is C14H30N2. The standard InChI is InChI=1S/C14H30N2/c1-7-13-8-15-12(4)9-16(13)10-14(5,6)11(2)3/h11-13,15H,7-10H2,1-6H3. The van der Waals surface area contributed by atoms with Crippen molar-refractivity contribution in [2.45, 2.75) is 60.0 Å². The molecule has 2 nitrogen and oxygen atoms in total. The summed E-state index contributed by atoms with van der Waals surface area (Å²) in [5.74, 6) is 0.746. The lowest BCUT2D eigenvalue weighted by molar-refractivity contribution is 0.0650. The first kappa shape index (κ1) is 14.0. The highest BCUT2D eigenvalue weighted by Crippen LogP contribution is 2.28. The van der Waals surface area contributed by atoms with Crippen molar-refractivity contribution in [2.24, 2.45) is 11.3 Å². The van der Waals surface area contributed by atoms with Crippen molar-refractivity contribution < 1.29 is 0 Å². The second-order valence-electron chi connectivity index (χ2n) is 6.44. The van der Waals surface area contributed by atoms with Gasteiger partial charge in [-0.1, -0.05) is 34.6 Å². The maximum absolute atomic E-state index is 3.59. The summed E-state index contributed by atoms with van der Waals surface area (Å²) in [4.78, 5) is 2.70. The van der Waals surface area contributed by atoms with Gasteiger partial charge in [0, 0.05) is 31.7 Å². The second-order valence-corrected chi connectivity index (χ2v) is 6.44. The minimum atomic E-state index is 0.421. The first-order valence-corrected chi connectivity index (χ1v) is 6.84. The van der Waals surface area contributed by atoms with Gasteiger partial charge >= 0.3 is 0 Å². The lowest BCUT2D eigenvalue weighted by atomic mass is 9.80. The van der Waals surface area contributed by atoms with Crippen molar-refractivity contribution in [2.75, 3.05) is 19.6 Å². The van der Waals surface area contributed by atoms with Crippen LogP contribution in [0.1, 0.15) is 48.0 Å². The zero-order chi connectivity index (χ0) is 12.3. The molecule has 0 aromatic rings. The summed E-state index contributed by atoms with van der Waals surface area (Å²) in [6.45, 7) is 17.7. The van der Waals surface area contributed by atoms with Crippen LogP contribution in [0.25, 0.3) is 0 Å². The first-order chi connectivity index (χ1) is 7.36. The number of piperazine rings is 1. The second kappa shape index (κ2) is 5.50. The molecule has 0 saturated carbocycles. The topological polar surface area (TPSA) is 15.3 Å². The molecule has 1 rings (SSSR count). The first-order valence-electron chi connectivity index (χ1n) is 6.84. The van der Waals surface area contributed by atoms with E-state index in [1.807, 2.05) is 0 Å². The van der Waals surface area contributed by atoms with Crippen LogP contribution in [0, 0.1) is 11.3 Å². The predicted octanol–water partition coefficient (Wildman–Crippen LogP) is 2.74. The summed E-state index contributed by atoms with van der Waals surface area (Å²) in [6, 6.07) is 1.37. The number of nitrogens with zero attached hydrogens (tertiary/aromatic N) is 1. The average Bonchev–Trinajstić information content (AvgIpc) is 2.17. The van der Waals surface area contributed by atoms with Crippen LogP contribution in [-0.4, -0.2) is 36.6 Å². The van der Waals surface area contributed by atoms with Gasteiger partial charge < -0.3 is 5.32 Å². The predicted molar refractivity (Wildman–Crippen MR) is 71.7 cm³/mol. The highest BCUT2D eigenvalue weighted by Gasteiger charge is 2.31. The Balaban J connectivity index is 2.61. The molecule has 1 aliphatic heterocycles. The normalized spacial score (nSPS) is 28.7. The van der Waals surface area contributed by atoms with Gasteiger partial charge in [0.25, 0.3) is 0 Å². The molecule has 0 amide bonds. The zero-order valence-corrected chi connectivity index (χ0v) is 12.0. The van der Waals surface area contributed by atoms with E-state index >= 15 is 0 Å². The average molecular weight is 226 g/mol. The van der Waals surface area contributed by atoms with Gasteiger partial charge in [-0.2, -0.15) is 0 Å². The number of rotatable bonds is 4. The Morgan fingerprint density at radius 3 is 2.50 bits per heavy atom. The molecule has 0 bridgehead atoms. The summed E-state index contributed by atoms with van der Waals surface area (Å²) < 4.78 is 0. The van der Waals surface area contributed by atoms with Crippen LogP contribution in [0.3, 0.4) is 0 Å². The number of hydrogen-bond acceptors (Lipinski definition) is 2. The fourth-order valence-electron chi connectivity index (χ4n) is 2.33. The van der Waals surface area contributed by atoms with Crippen molar-refractivity contribution in [3.05, 3.63) is 0 Å². The lowest BCUT2D eigenvalue weighted by Gasteiger charge is -2.44. The maximum atomic E-state index is 3.59. The fraction of sp³-hybridized carbons (Fsp3) is 1.00. The van der Waals surface area contributed by atoms with Crippen molar-refractivity contribution in [1.82, 2.24) is 10.2 Å². The quantitative estimate of drug-likeness (QED) is 0.793. The van der Waals surface area contributed by atoms with Crippen LogP contribution in [0.4, 0.5) is 0 Å². The maximum Gasteiger partial charge on any atom is 0.0219 e. The molecule has 2 heteroatoms. The Kier molecular flexibility index (Phi) is 4.81. The van der Waals surface area contributed by atoms with Gasteiger partial charge in [0.2, 0.25) is 0 Å². The smallest absolute Gasteiger partial charge is 0.0219 e. The third-order valence-corrected chi connectivity index (χ3v) is 4.37. The highest BCUT2D eigenvalue weighted by molar-refractivity contribution is 4.87. The minimum absolute atomic E-state index is 0.421. The molecule has 1 saturated heterocycles. The van der Waals surface area contributed by atoms with Gasteiger partial charge in [0.05, 0.1) is 0 Å². The zero-order valence-electron chi connectivity index (χ0n) is 12.0. The molecule has 1 aliphatic rings. The largest absolute Gasteiger partial charge is 0.311 e. The summed E-state index contributed by atoms with van der Waals surface area (Å²) in [5.41, 5.74) is 0.421. The van der Waals surface area contributed by atoms with Crippen LogP contribution in [0.15, 0.2) is 0 Å². The summed E-state index contributed by atoms with van der Waals surface area (Å²) in [7, 11) is 0. The van der Waals surface area contributed by atoms with Gasteiger partial charge in [0.1, 0.15) is 0 Å². The fourth-order valence-corrected chi connectivity index (χ4v) is 2.33. The Labute approximate surface area is 102 Å². The molecule has 1 fully saturated rings. The third kappa shape index (κ3) is 3.46. The van der Waals surface area contributed by atoms with E-state index in [4.69, 9.17) is 0 Å². The van der Waals surface area contributed by atoms with Gasteiger partial charge in [-0.15, -0.1) is 0 Å². The molecule has 0 aliphatic carbocycles. The SMILES string of the molecule is CCC1CNC(C)CN1CC(C)(C)C(C)C. The van der Waals surface area contributed by atoms with Crippen molar-refractivity contribution in [1.29, 1.82) is 0 Å². The lowest BCUT2D eigenvalue weighted by Crippen LogP contribution is -2.57. The molecule has 0 spiro atoms. The van der Waals surface area contributed by atoms with E-state index in [9.17, 15) is 0 Å². The monoisotopic (exact) mass is 226 g/mol. The van der Waals surface area contributed by atoms with Crippen LogP contribution in [-0.2, 0) is 0 Å². The minimum Gasteiger partial charge on any atom is -0.311 e.